The minimum Gasteiger partial charge on any atom is -0.393 e. The maximum absolute atomic E-state index is 9.56. The Labute approximate surface area is 101 Å². The fraction of sp³-hybridized carbons (Fsp3) is 0.500. The Morgan fingerprint density at radius 2 is 2.00 bits per heavy atom. The molecule has 3 heteroatoms. The lowest BCUT2D eigenvalue weighted by Crippen LogP contribution is -2.18. The molecular formula is C12H16Cl2O. The van der Waals surface area contributed by atoms with E-state index in [2.05, 4.69) is 6.92 Å². The standard InChI is InChI=1S/C12H16Cl2O/c1-3-9(8(2)15)6-10-7-11(13)4-5-12(10)14/h4-5,7-9,15H,3,6H2,1-2H3. The molecule has 2 unspecified atom stereocenters. The number of benzene rings is 1. The highest BCUT2D eigenvalue weighted by molar-refractivity contribution is 6.33. The molecule has 0 aliphatic heterocycles. The Kier molecular flexibility index (Phi) is 4.91. The van der Waals surface area contributed by atoms with Crippen molar-refractivity contribution in [2.24, 2.45) is 5.92 Å². The van der Waals surface area contributed by atoms with E-state index in [1.807, 2.05) is 13.0 Å². The zero-order chi connectivity index (χ0) is 11.4. The monoisotopic (exact) mass is 246 g/mol. The third-order valence-electron chi connectivity index (χ3n) is 2.70. The molecule has 0 bridgehead atoms. The summed E-state index contributed by atoms with van der Waals surface area (Å²) in [5, 5.41) is 11.0. The van der Waals surface area contributed by atoms with Gasteiger partial charge in [0.15, 0.2) is 0 Å². The zero-order valence-electron chi connectivity index (χ0n) is 9.00. The Balaban J connectivity index is 2.82. The second-order valence-electron chi connectivity index (χ2n) is 3.85. The highest BCUT2D eigenvalue weighted by atomic mass is 35.5. The molecular weight excluding hydrogens is 231 g/mol. The molecule has 0 heterocycles. The average Bonchev–Trinajstić information content (AvgIpc) is 2.18. The van der Waals surface area contributed by atoms with Crippen LogP contribution < -0.4 is 0 Å². The summed E-state index contributed by atoms with van der Waals surface area (Å²) in [6.45, 7) is 3.88. The predicted octanol–water partition coefficient (Wildman–Crippen LogP) is 3.94. The minimum absolute atomic E-state index is 0.237. The van der Waals surface area contributed by atoms with Crippen LogP contribution in [0.15, 0.2) is 18.2 Å². The van der Waals surface area contributed by atoms with Gasteiger partial charge >= 0.3 is 0 Å². The largest absolute Gasteiger partial charge is 0.393 e. The van der Waals surface area contributed by atoms with E-state index in [9.17, 15) is 5.11 Å². The first-order valence-corrected chi connectivity index (χ1v) is 5.92. The summed E-state index contributed by atoms with van der Waals surface area (Å²) in [4.78, 5) is 0. The maximum Gasteiger partial charge on any atom is 0.0543 e. The number of hydrogen-bond donors (Lipinski definition) is 1. The predicted molar refractivity (Wildman–Crippen MR) is 65.6 cm³/mol. The molecule has 1 aromatic rings. The van der Waals surface area contributed by atoms with Crippen molar-refractivity contribution in [2.45, 2.75) is 32.8 Å². The maximum atomic E-state index is 9.56. The third-order valence-corrected chi connectivity index (χ3v) is 3.30. The summed E-state index contributed by atoms with van der Waals surface area (Å²) in [7, 11) is 0. The van der Waals surface area contributed by atoms with Crippen LogP contribution in [0.3, 0.4) is 0 Å². The molecule has 84 valence electrons. The van der Waals surface area contributed by atoms with Crippen molar-refractivity contribution in [3.05, 3.63) is 33.8 Å². The van der Waals surface area contributed by atoms with Crippen molar-refractivity contribution in [3.8, 4) is 0 Å². The van der Waals surface area contributed by atoms with Crippen LogP contribution in [-0.2, 0) is 6.42 Å². The Morgan fingerprint density at radius 3 is 2.53 bits per heavy atom. The van der Waals surface area contributed by atoms with Crippen molar-refractivity contribution >= 4 is 23.2 Å². The number of rotatable bonds is 4. The van der Waals surface area contributed by atoms with E-state index >= 15 is 0 Å². The van der Waals surface area contributed by atoms with Crippen LogP contribution in [0.1, 0.15) is 25.8 Å². The molecule has 15 heavy (non-hydrogen) atoms. The van der Waals surface area contributed by atoms with Gasteiger partial charge in [0.2, 0.25) is 0 Å². The summed E-state index contributed by atoms with van der Waals surface area (Å²) in [6, 6.07) is 5.44. The van der Waals surface area contributed by atoms with E-state index in [0.29, 0.717) is 5.02 Å². The van der Waals surface area contributed by atoms with Crippen LogP contribution in [0.2, 0.25) is 10.0 Å². The van der Waals surface area contributed by atoms with Crippen LogP contribution in [0.5, 0.6) is 0 Å². The van der Waals surface area contributed by atoms with Crippen molar-refractivity contribution in [1.29, 1.82) is 0 Å². The Bertz CT molecular complexity index is 323. The molecule has 0 saturated carbocycles. The fourth-order valence-corrected chi connectivity index (χ4v) is 2.03. The summed E-state index contributed by atoms with van der Waals surface area (Å²) < 4.78 is 0. The van der Waals surface area contributed by atoms with Crippen molar-refractivity contribution in [1.82, 2.24) is 0 Å². The van der Waals surface area contributed by atoms with Crippen LogP contribution in [-0.4, -0.2) is 11.2 Å². The summed E-state index contributed by atoms with van der Waals surface area (Å²) in [6.07, 6.45) is 1.39. The summed E-state index contributed by atoms with van der Waals surface area (Å²) in [5.74, 6) is 0.237. The molecule has 1 N–H and O–H groups in total. The molecule has 0 fully saturated rings. The van der Waals surface area contributed by atoms with Crippen molar-refractivity contribution < 1.29 is 5.11 Å². The molecule has 1 rings (SSSR count). The molecule has 0 amide bonds. The van der Waals surface area contributed by atoms with E-state index in [-0.39, 0.29) is 12.0 Å². The van der Waals surface area contributed by atoms with Crippen molar-refractivity contribution in [2.75, 3.05) is 0 Å². The lowest BCUT2D eigenvalue weighted by Gasteiger charge is -2.18. The number of hydrogen-bond acceptors (Lipinski definition) is 1. The number of aliphatic hydroxyl groups is 1. The van der Waals surface area contributed by atoms with Crippen LogP contribution in [0.4, 0.5) is 0 Å². The normalized spacial score (nSPS) is 15.0. The van der Waals surface area contributed by atoms with Gasteiger partial charge in [-0.3, -0.25) is 0 Å². The molecule has 0 aliphatic carbocycles. The molecule has 1 aromatic carbocycles. The van der Waals surface area contributed by atoms with Gasteiger partial charge in [-0.1, -0.05) is 36.5 Å². The van der Waals surface area contributed by atoms with Gasteiger partial charge in [-0.15, -0.1) is 0 Å². The summed E-state index contributed by atoms with van der Waals surface area (Å²) in [5.41, 5.74) is 1.01. The van der Waals surface area contributed by atoms with Gasteiger partial charge in [-0.25, -0.2) is 0 Å². The van der Waals surface area contributed by atoms with Gasteiger partial charge in [-0.05, 0) is 43.0 Å². The third kappa shape index (κ3) is 3.67. The SMILES string of the molecule is CCC(Cc1cc(Cl)ccc1Cl)C(C)O. The first kappa shape index (κ1) is 12.8. The molecule has 0 aromatic heterocycles. The summed E-state index contributed by atoms with van der Waals surface area (Å²) >= 11 is 12.0. The van der Waals surface area contributed by atoms with Crippen LogP contribution in [0.25, 0.3) is 0 Å². The second kappa shape index (κ2) is 5.74. The molecule has 0 saturated heterocycles. The van der Waals surface area contributed by atoms with Crippen LogP contribution in [0, 0.1) is 5.92 Å². The van der Waals surface area contributed by atoms with Crippen molar-refractivity contribution in [3.63, 3.8) is 0 Å². The molecule has 2 atom stereocenters. The average molecular weight is 247 g/mol. The van der Waals surface area contributed by atoms with E-state index in [0.717, 1.165) is 23.4 Å². The topological polar surface area (TPSA) is 20.2 Å². The van der Waals surface area contributed by atoms with E-state index in [1.165, 1.54) is 0 Å². The van der Waals surface area contributed by atoms with Gasteiger partial charge in [0, 0.05) is 10.0 Å². The smallest absolute Gasteiger partial charge is 0.0543 e. The van der Waals surface area contributed by atoms with E-state index in [4.69, 9.17) is 23.2 Å². The van der Waals surface area contributed by atoms with Gasteiger partial charge in [0.25, 0.3) is 0 Å². The molecule has 0 aliphatic rings. The van der Waals surface area contributed by atoms with Gasteiger partial charge in [0.1, 0.15) is 0 Å². The van der Waals surface area contributed by atoms with Gasteiger partial charge < -0.3 is 5.11 Å². The highest BCUT2D eigenvalue weighted by Gasteiger charge is 2.15. The van der Waals surface area contributed by atoms with Crippen LogP contribution >= 0.6 is 23.2 Å². The van der Waals surface area contributed by atoms with E-state index in [1.54, 1.807) is 12.1 Å². The first-order valence-electron chi connectivity index (χ1n) is 5.16. The first-order chi connectivity index (χ1) is 7.04. The Hall–Kier alpha value is -0.240. The number of halogens is 2. The lowest BCUT2D eigenvalue weighted by atomic mass is 9.92. The van der Waals surface area contributed by atoms with Gasteiger partial charge in [0.05, 0.1) is 6.10 Å². The minimum atomic E-state index is -0.315. The van der Waals surface area contributed by atoms with E-state index < -0.39 is 0 Å². The fourth-order valence-electron chi connectivity index (χ4n) is 1.64. The highest BCUT2D eigenvalue weighted by Crippen LogP contribution is 2.25. The van der Waals surface area contributed by atoms with Gasteiger partial charge in [-0.2, -0.15) is 0 Å². The molecule has 0 spiro atoms. The molecule has 0 radical (unpaired) electrons. The Morgan fingerprint density at radius 1 is 1.33 bits per heavy atom. The molecule has 1 nitrogen and oxygen atoms in total. The number of aliphatic hydroxyl groups excluding tert-OH is 1. The second-order valence-corrected chi connectivity index (χ2v) is 4.69. The zero-order valence-corrected chi connectivity index (χ0v) is 10.5. The lowest BCUT2D eigenvalue weighted by molar-refractivity contribution is 0.123. The quantitative estimate of drug-likeness (QED) is 0.854.